The summed E-state index contributed by atoms with van der Waals surface area (Å²) in [6.45, 7) is -0.102. The van der Waals surface area contributed by atoms with Crippen LogP contribution in [0.2, 0.25) is 0 Å². The maximum atomic E-state index is 12.7. The molecular formula is C19H14F3N3O3. The van der Waals surface area contributed by atoms with Crippen molar-refractivity contribution in [3.8, 4) is 0 Å². The van der Waals surface area contributed by atoms with Gasteiger partial charge >= 0.3 is 12.2 Å². The van der Waals surface area contributed by atoms with Crippen LogP contribution in [-0.4, -0.2) is 24.4 Å². The summed E-state index contributed by atoms with van der Waals surface area (Å²) < 4.78 is 38.1. The molecule has 9 heteroatoms. The number of imide groups is 1. The van der Waals surface area contributed by atoms with Crippen molar-refractivity contribution in [2.75, 3.05) is 16.8 Å². The Labute approximate surface area is 157 Å². The van der Waals surface area contributed by atoms with E-state index in [0.29, 0.717) is 11.4 Å². The van der Waals surface area contributed by atoms with E-state index in [2.05, 4.69) is 10.6 Å². The lowest BCUT2D eigenvalue weighted by Crippen LogP contribution is -2.30. The predicted molar refractivity (Wildman–Crippen MR) is 96.4 cm³/mol. The van der Waals surface area contributed by atoms with Gasteiger partial charge in [0.2, 0.25) is 5.91 Å². The normalized spacial score (nSPS) is 14.5. The monoisotopic (exact) mass is 389 g/mol. The molecule has 2 aromatic rings. The van der Waals surface area contributed by atoms with Crippen LogP contribution >= 0.6 is 0 Å². The number of nitrogens with zero attached hydrogens (tertiary/aromatic N) is 1. The topological polar surface area (TPSA) is 78.5 Å². The van der Waals surface area contributed by atoms with Gasteiger partial charge in [-0.15, -0.1) is 0 Å². The molecule has 1 heterocycles. The number of amides is 4. The molecule has 6 nitrogen and oxygen atoms in total. The van der Waals surface area contributed by atoms with Crippen LogP contribution in [0.25, 0.3) is 6.08 Å². The fourth-order valence-corrected chi connectivity index (χ4v) is 2.58. The van der Waals surface area contributed by atoms with Crippen molar-refractivity contribution < 1.29 is 27.6 Å². The Hall–Kier alpha value is -3.62. The van der Waals surface area contributed by atoms with Crippen molar-refractivity contribution in [3.05, 3.63) is 65.7 Å². The zero-order valence-electron chi connectivity index (χ0n) is 14.3. The molecule has 144 valence electrons. The first-order valence-corrected chi connectivity index (χ1v) is 8.11. The summed E-state index contributed by atoms with van der Waals surface area (Å²) in [5.41, 5.74) is 0.0257. The van der Waals surface area contributed by atoms with E-state index < -0.39 is 29.6 Å². The zero-order chi connectivity index (χ0) is 20.3. The number of hydrogen-bond donors (Lipinski definition) is 2. The van der Waals surface area contributed by atoms with Crippen LogP contribution in [0, 0.1) is 0 Å². The smallest absolute Gasteiger partial charge is 0.328 e. The molecule has 28 heavy (non-hydrogen) atoms. The Morgan fingerprint density at radius 2 is 1.86 bits per heavy atom. The highest BCUT2D eigenvalue weighted by molar-refractivity contribution is 6.20. The first kappa shape index (κ1) is 19.2. The van der Waals surface area contributed by atoms with Gasteiger partial charge in [-0.05, 0) is 42.0 Å². The molecule has 2 N–H and O–H groups in total. The van der Waals surface area contributed by atoms with Gasteiger partial charge < -0.3 is 10.6 Å². The summed E-state index contributed by atoms with van der Waals surface area (Å²) in [6, 6.07) is 10.1. The average molecular weight is 389 g/mol. The highest BCUT2D eigenvalue weighted by Crippen LogP contribution is 2.29. The molecule has 0 spiro atoms. The second-order valence-corrected chi connectivity index (χ2v) is 5.88. The molecule has 1 aliphatic rings. The third-order valence-electron chi connectivity index (χ3n) is 3.86. The van der Waals surface area contributed by atoms with Crippen molar-refractivity contribution in [2.45, 2.75) is 6.18 Å². The lowest BCUT2D eigenvalue weighted by molar-refractivity contribution is -0.137. The number of urea groups is 1. The predicted octanol–water partition coefficient (Wildman–Crippen LogP) is 3.41. The quantitative estimate of drug-likeness (QED) is 0.621. The van der Waals surface area contributed by atoms with Crippen molar-refractivity contribution in [3.63, 3.8) is 0 Å². The second-order valence-electron chi connectivity index (χ2n) is 5.88. The van der Waals surface area contributed by atoms with Gasteiger partial charge in [-0.25, -0.2) is 9.69 Å². The van der Waals surface area contributed by atoms with Crippen LogP contribution in [0.3, 0.4) is 0 Å². The van der Waals surface area contributed by atoms with Gasteiger partial charge in [0.15, 0.2) is 0 Å². The Balaban J connectivity index is 1.70. The molecule has 0 saturated carbocycles. The number of halogens is 3. The van der Waals surface area contributed by atoms with E-state index in [9.17, 15) is 27.6 Å². The summed E-state index contributed by atoms with van der Waals surface area (Å²) in [5.74, 6) is -0.996. The second kappa shape index (κ2) is 7.55. The first-order valence-electron chi connectivity index (χ1n) is 8.11. The maximum absolute atomic E-state index is 12.7. The fourth-order valence-electron chi connectivity index (χ4n) is 2.58. The lowest BCUT2D eigenvalue weighted by Gasteiger charge is -2.13. The summed E-state index contributed by atoms with van der Waals surface area (Å²) in [5, 5.41) is 4.92. The van der Waals surface area contributed by atoms with Gasteiger partial charge in [0.25, 0.3) is 5.91 Å². The van der Waals surface area contributed by atoms with Gasteiger partial charge in [0.1, 0.15) is 0 Å². The third kappa shape index (κ3) is 4.37. The van der Waals surface area contributed by atoms with Gasteiger partial charge in [0, 0.05) is 11.8 Å². The maximum Gasteiger partial charge on any atom is 0.416 e. The van der Waals surface area contributed by atoms with Crippen LogP contribution in [0.1, 0.15) is 11.1 Å². The van der Waals surface area contributed by atoms with Crippen LogP contribution in [-0.2, 0) is 15.8 Å². The molecule has 0 bridgehead atoms. The molecule has 0 unspecified atom stereocenters. The molecule has 0 aromatic heterocycles. The number of carbonyl (C=O) groups excluding carboxylic acids is 3. The molecule has 1 aliphatic heterocycles. The van der Waals surface area contributed by atoms with Crippen LogP contribution in [0.5, 0.6) is 0 Å². The van der Waals surface area contributed by atoms with Crippen LogP contribution in [0.4, 0.5) is 29.3 Å². The molecule has 3 rings (SSSR count). The highest BCUT2D eigenvalue weighted by Gasteiger charge is 2.30. The highest BCUT2D eigenvalue weighted by atomic mass is 19.4. The number of nitrogens with one attached hydrogen (secondary N) is 2. The number of alkyl halides is 3. The average Bonchev–Trinajstić information content (AvgIpc) is 2.98. The fraction of sp³-hybridized carbons (Fsp3) is 0.105. The third-order valence-corrected chi connectivity index (χ3v) is 3.86. The van der Waals surface area contributed by atoms with Crippen molar-refractivity contribution in [1.82, 2.24) is 5.32 Å². The van der Waals surface area contributed by atoms with Crippen molar-refractivity contribution >= 4 is 35.3 Å². The minimum atomic E-state index is -4.47. The minimum Gasteiger partial charge on any atom is -0.328 e. The molecule has 4 amide bonds. The van der Waals surface area contributed by atoms with Gasteiger partial charge in [0.05, 0.1) is 17.8 Å². The van der Waals surface area contributed by atoms with Crippen LogP contribution in [0.15, 0.2) is 54.6 Å². The number of hydrogen-bond acceptors (Lipinski definition) is 3. The molecule has 2 aromatic carbocycles. The lowest BCUT2D eigenvalue weighted by atomic mass is 10.1. The van der Waals surface area contributed by atoms with Crippen molar-refractivity contribution in [2.24, 2.45) is 0 Å². The first-order chi connectivity index (χ1) is 13.2. The Kier molecular flexibility index (Phi) is 5.16. The standard InChI is InChI=1S/C19H14F3N3O3/c20-19(21,22)13-4-1-3-12(9-13)7-8-16(26)24-14-5-2-6-15(10-14)25-17(27)11-23-18(25)28/h1-10H,11H2,(H,23,28)(H,24,26). The largest absolute Gasteiger partial charge is 0.416 e. The molecule has 1 fully saturated rings. The van der Waals surface area contributed by atoms with Gasteiger partial charge in [-0.2, -0.15) is 13.2 Å². The van der Waals surface area contributed by atoms with E-state index in [-0.39, 0.29) is 12.1 Å². The molecular weight excluding hydrogens is 375 g/mol. The molecule has 1 saturated heterocycles. The summed E-state index contributed by atoms with van der Waals surface area (Å²) in [6.07, 6.45) is -2.12. The molecule has 0 radical (unpaired) electrons. The Bertz CT molecular complexity index is 954. The SMILES string of the molecule is O=C(C=Cc1cccc(C(F)(F)F)c1)Nc1cccc(N2C(=O)CNC2=O)c1. The van der Waals surface area contributed by atoms with E-state index >= 15 is 0 Å². The number of rotatable bonds is 4. The summed E-state index contributed by atoms with van der Waals surface area (Å²) >= 11 is 0. The van der Waals surface area contributed by atoms with E-state index in [4.69, 9.17) is 0 Å². The minimum absolute atomic E-state index is 0.102. The summed E-state index contributed by atoms with van der Waals surface area (Å²) in [4.78, 5) is 36.4. The van der Waals surface area contributed by atoms with E-state index in [1.54, 1.807) is 12.1 Å². The number of anilines is 2. The van der Waals surface area contributed by atoms with Crippen LogP contribution < -0.4 is 15.5 Å². The van der Waals surface area contributed by atoms with E-state index in [1.165, 1.54) is 30.3 Å². The van der Waals surface area contributed by atoms with E-state index in [0.717, 1.165) is 23.1 Å². The zero-order valence-corrected chi connectivity index (χ0v) is 14.3. The Morgan fingerprint density at radius 3 is 2.54 bits per heavy atom. The number of benzene rings is 2. The van der Waals surface area contributed by atoms with Crippen molar-refractivity contribution in [1.29, 1.82) is 0 Å². The van der Waals surface area contributed by atoms with Gasteiger partial charge in [-0.3, -0.25) is 9.59 Å². The van der Waals surface area contributed by atoms with E-state index in [1.807, 2.05) is 0 Å². The molecule has 0 aliphatic carbocycles. The summed E-state index contributed by atoms with van der Waals surface area (Å²) in [7, 11) is 0. The Morgan fingerprint density at radius 1 is 1.11 bits per heavy atom. The molecule has 0 atom stereocenters. The van der Waals surface area contributed by atoms with Gasteiger partial charge in [-0.1, -0.05) is 18.2 Å². The number of carbonyl (C=O) groups is 3.